The SMILES string of the molecule is C[N+](C)=C1C=CC(=C2SCCS2)C=C1. The van der Waals surface area contributed by atoms with Crippen LogP contribution >= 0.6 is 23.5 Å². The van der Waals surface area contributed by atoms with Crippen LogP contribution in [0.25, 0.3) is 0 Å². The molecule has 3 heteroatoms. The average molecular weight is 224 g/mol. The maximum atomic E-state index is 2.22. The van der Waals surface area contributed by atoms with E-state index in [0.29, 0.717) is 0 Å². The Bertz CT molecular complexity index is 331. The molecule has 0 spiro atoms. The molecule has 0 amide bonds. The molecule has 74 valence electrons. The smallest absolute Gasteiger partial charge is 0.199 e. The predicted molar refractivity (Wildman–Crippen MR) is 67.3 cm³/mol. The standard InChI is InChI=1S/C11H14NS2/c1-12(2)10-5-3-9(4-6-10)11-13-7-8-14-11/h3-6H,7-8H2,1-2H3/q+1. The molecule has 0 bridgehead atoms. The summed E-state index contributed by atoms with van der Waals surface area (Å²) in [5, 5.41) is 0. The van der Waals surface area contributed by atoms with Crippen molar-refractivity contribution in [1.29, 1.82) is 0 Å². The first-order valence-electron chi connectivity index (χ1n) is 4.67. The van der Waals surface area contributed by atoms with E-state index < -0.39 is 0 Å². The molecule has 1 aliphatic heterocycles. The summed E-state index contributed by atoms with van der Waals surface area (Å²) in [5.74, 6) is 2.52. The second-order valence-electron chi connectivity index (χ2n) is 3.43. The third-order valence-electron chi connectivity index (χ3n) is 2.17. The van der Waals surface area contributed by atoms with Gasteiger partial charge in [-0.15, -0.1) is 23.5 Å². The summed E-state index contributed by atoms with van der Waals surface area (Å²) in [4.78, 5) is 0. The number of nitrogens with zero attached hydrogens (tertiary/aromatic N) is 1. The first-order valence-corrected chi connectivity index (χ1v) is 6.65. The molecule has 0 aromatic heterocycles. The zero-order valence-corrected chi connectivity index (χ0v) is 10.1. The number of rotatable bonds is 0. The third kappa shape index (κ3) is 2.15. The Labute approximate surface area is 93.7 Å². The van der Waals surface area contributed by atoms with Crippen LogP contribution in [0.1, 0.15) is 0 Å². The first-order chi connectivity index (χ1) is 6.77. The maximum absolute atomic E-state index is 2.22. The van der Waals surface area contributed by atoms with Crippen LogP contribution < -0.4 is 0 Å². The van der Waals surface area contributed by atoms with Gasteiger partial charge >= 0.3 is 0 Å². The molecule has 1 aliphatic carbocycles. The zero-order valence-electron chi connectivity index (χ0n) is 8.49. The van der Waals surface area contributed by atoms with Crippen LogP contribution in [0.2, 0.25) is 0 Å². The molecule has 14 heavy (non-hydrogen) atoms. The molecule has 1 heterocycles. The van der Waals surface area contributed by atoms with Crippen molar-refractivity contribution in [1.82, 2.24) is 0 Å². The Morgan fingerprint density at radius 1 is 1.00 bits per heavy atom. The molecule has 1 nitrogen and oxygen atoms in total. The van der Waals surface area contributed by atoms with Crippen molar-refractivity contribution < 1.29 is 4.58 Å². The summed E-state index contributed by atoms with van der Waals surface area (Å²) < 4.78 is 3.61. The highest BCUT2D eigenvalue weighted by atomic mass is 32.2. The summed E-state index contributed by atoms with van der Waals surface area (Å²) in [6.45, 7) is 0. The second-order valence-corrected chi connectivity index (χ2v) is 5.89. The molecule has 1 saturated heterocycles. The molecule has 0 radical (unpaired) electrons. The molecule has 1 fully saturated rings. The van der Waals surface area contributed by atoms with E-state index in [-0.39, 0.29) is 0 Å². The van der Waals surface area contributed by atoms with Gasteiger partial charge in [-0.3, -0.25) is 0 Å². The minimum Gasteiger partial charge on any atom is -0.235 e. The predicted octanol–water partition coefficient (Wildman–Crippen LogP) is 2.52. The van der Waals surface area contributed by atoms with Crippen molar-refractivity contribution in [2.24, 2.45) is 0 Å². The van der Waals surface area contributed by atoms with Gasteiger partial charge in [0, 0.05) is 27.9 Å². The van der Waals surface area contributed by atoms with Crippen LogP contribution in [0.4, 0.5) is 0 Å². The highest BCUT2D eigenvalue weighted by Crippen LogP contribution is 2.39. The number of hydrogen-bond acceptors (Lipinski definition) is 2. The van der Waals surface area contributed by atoms with E-state index in [1.807, 2.05) is 23.5 Å². The van der Waals surface area contributed by atoms with Gasteiger partial charge in [-0.1, -0.05) is 0 Å². The fourth-order valence-corrected chi connectivity index (χ4v) is 3.85. The third-order valence-corrected chi connectivity index (χ3v) is 4.95. The van der Waals surface area contributed by atoms with E-state index in [9.17, 15) is 0 Å². The van der Waals surface area contributed by atoms with Crippen molar-refractivity contribution in [2.45, 2.75) is 0 Å². The van der Waals surface area contributed by atoms with Gasteiger partial charge in [-0.05, 0) is 17.7 Å². The zero-order chi connectivity index (χ0) is 9.97. The molecular weight excluding hydrogens is 210 g/mol. The largest absolute Gasteiger partial charge is 0.235 e. The van der Waals surface area contributed by atoms with Gasteiger partial charge in [0.1, 0.15) is 14.1 Å². The summed E-state index contributed by atoms with van der Waals surface area (Å²) >= 11 is 3.95. The molecule has 2 rings (SSSR count). The molecule has 0 N–H and O–H groups in total. The Balaban J connectivity index is 2.23. The molecule has 0 aromatic rings. The van der Waals surface area contributed by atoms with Gasteiger partial charge in [0.25, 0.3) is 0 Å². The van der Waals surface area contributed by atoms with Crippen molar-refractivity contribution in [3.05, 3.63) is 34.1 Å². The summed E-state index contributed by atoms with van der Waals surface area (Å²) in [6.07, 6.45) is 8.80. The van der Waals surface area contributed by atoms with Crippen LogP contribution in [-0.2, 0) is 0 Å². The fraction of sp³-hybridized carbons (Fsp3) is 0.364. The van der Waals surface area contributed by atoms with Gasteiger partial charge in [-0.25, -0.2) is 4.58 Å². The van der Waals surface area contributed by atoms with Crippen LogP contribution in [0.5, 0.6) is 0 Å². The van der Waals surface area contributed by atoms with Crippen molar-refractivity contribution in [3.63, 3.8) is 0 Å². The number of allylic oxidation sites excluding steroid dienone is 5. The number of thioether (sulfide) groups is 2. The maximum Gasteiger partial charge on any atom is 0.199 e. The van der Waals surface area contributed by atoms with E-state index in [2.05, 4.69) is 43.0 Å². The van der Waals surface area contributed by atoms with Crippen LogP contribution in [-0.4, -0.2) is 35.9 Å². The highest BCUT2D eigenvalue weighted by molar-refractivity contribution is 8.25. The molecule has 2 aliphatic rings. The Hall–Kier alpha value is -0.410. The van der Waals surface area contributed by atoms with Crippen LogP contribution in [0.3, 0.4) is 0 Å². The summed E-state index contributed by atoms with van der Waals surface area (Å²) in [6, 6.07) is 0. The van der Waals surface area contributed by atoms with Crippen molar-refractivity contribution in [3.8, 4) is 0 Å². The normalized spacial score (nSPS) is 20.9. The lowest BCUT2D eigenvalue weighted by atomic mass is 10.1. The Morgan fingerprint density at radius 2 is 1.57 bits per heavy atom. The number of hydrogen-bond donors (Lipinski definition) is 0. The summed E-state index contributed by atoms with van der Waals surface area (Å²) in [7, 11) is 4.14. The Morgan fingerprint density at radius 3 is 2.07 bits per heavy atom. The van der Waals surface area contributed by atoms with E-state index in [4.69, 9.17) is 0 Å². The van der Waals surface area contributed by atoms with Crippen LogP contribution in [0, 0.1) is 0 Å². The van der Waals surface area contributed by atoms with Crippen molar-refractivity contribution in [2.75, 3.05) is 25.6 Å². The van der Waals surface area contributed by atoms with Gasteiger partial charge in [0.15, 0.2) is 5.71 Å². The minimum absolute atomic E-state index is 1.26. The quantitative estimate of drug-likeness (QED) is 0.582. The van der Waals surface area contributed by atoms with Gasteiger partial charge < -0.3 is 0 Å². The van der Waals surface area contributed by atoms with Gasteiger partial charge in [0.2, 0.25) is 0 Å². The molecule has 0 atom stereocenters. The second kappa shape index (κ2) is 4.41. The molecule has 0 saturated carbocycles. The van der Waals surface area contributed by atoms with E-state index in [1.165, 1.54) is 27.0 Å². The lowest BCUT2D eigenvalue weighted by Gasteiger charge is -2.04. The van der Waals surface area contributed by atoms with E-state index in [0.717, 1.165) is 0 Å². The van der Waals surface area contributed by atoms with Gasteiger partial charge in [0.05, 0.1) is 0 Å². The first kappa shape index (κ1) is 10.1. The highest BCUT2D eigenvalue weighted by Gasteiger charge is 2.13. The van der Waals surface area contributed by atoms with E-state index in [1.54, 1.807) is 0 Å². The van der Waals surface area contributed by atoms with E-state index >= 15 is 0 Å². The monoisotopic (exact) mass is 224 g/mol. The molecular formula is C11H14NS2+. The van der Waals surface area contributed by atoms with Gasteiger partial charge in [-0.2, -0.15) is 0 Å². The minimum atomic E-state index is 1.26. The lowest BCUT2D eigenvalue weighted by Crippen LogP contribution is -2.09. The summed E-state index contributed by atoms with van der Waals surface area (Å²) in [5.41, 5.74) is 2.64. The molecule has 0 aromatic carbocycles. The Kier molecular flexibility index (Phi) is 3.19. The fourth-order valence-electron chi connectivity index (χ4n) is 1.37. The lowest BCUT2D eigenvalue weighted by molar-refractivity contribution is -0.462. The van der Waals surface area contributed by atoms with Crippen molar-refractivity contribution >= 4 is 29.2 Å². The molecule has 0 unspecified atom stereocenters. The van der Waals surface area contributed by atoms with Crippen LogP contribution in [0.15, 0.2) is 34.1 Å². The topological polar surface area (TPSA) is 3.01 Å². The average Bonchev–Trinajstić information content (AvgIpc) is 2.71.